The maximum absolute atomic E-state index is 15.2. The van der Waals surface area contributed by atoms with E-state index >= 15 is 70.2 Å². The van der Waals surface area contributed by atoms with Crippen LogP contribution in [0, 0.1) is 0 Å². The van der Waals surface area contributed by atoms with Crippen molar-refractivity contribution in [2.45, 2.75) is 93.8 Å². The number of alkyl halides is 40. The summed E-state index contributed by atoms with van der Waals surface area (Å²) in [6, 6.07) is 0. The molecule has 0 bridgehead atoms. The van der Waals surface area contributed by atoms with Crippen LogP contribution < -0.4 is 0 Å². The quantitative estimate of drug-likeness (QED) is 0.179. The maximum Gasteiger partial charge on any atom is 0.494 e. The molecule has 64 heavy (non-hydrogen) atoms. The number of rotatable bonds is 8. The van der Waals surface area contributed by atoms with Crippen molar-refractivity contribution in [1.29, 1.82) is 0 Å². The molecule has 0 unspecified atom stereocenters. The van der Waals surface area contributed by atoms with Crippen LogP contribution in [0.5, 0.6) is 0 Å². The molecule has 0 N–H and O–H groups in total. The van der Waals surface area contributed by atoms with Crippen LogP contribution >= 0.6 is 0 Å². The van der Waals surface area contributed by atoms with Crippen molar-refractivity contribution in [3.05, 3.63) is 0 Å². The highest BCUT2D eigenvalue weighted by atomic mass is 28.5. The molecule has 1 fully saturated rings. The van der Waals surface area contributed by atoms with E-state index in [0.29, 0.717) is 0 Å². The van der Waals surface area contributed by atoms with Gasteiger partial charge in [-0.05, 0) is 0 Å². The Labute approximate surface area is 321 Å². The lowest BCUT2D eigenvalue weighted by Gasteiger charge is -2.59. The third kappa shape index (κ3) is 7.55. The minimum Gasteiger partial charge on any atom is -0.400 e. The highest BCUT2D eigenvalue weighted by molar-refractivity contribution is 7.00. The van der Waals surface area contributed by atoms with Crippen molar-refractivity contribution in [2.75, 3.05) is 0 Å². The van der Waals surface area contributed by atoms with E-state index in [1.165, 1.54) is 0 Å². The maximum atomic E-state index is 15.2. The van der Waals surface area contributed by atoms with Crippen molar-refractivity contribution in [2.24, 2.45) is 0 Å². The van der Waals surface area contributed by atoms with Crippen molar-refractivity contribution >= 4 is 34.2 Å². The molecule has 0 saturated carbocycles. The lowest BCUT2D eigenvalue weighted by atomic mass is 10.7. The first-order chi connectivity index (χ1) is 26.8. The van der Waals surface area contributed by atoms with Crippen molar-refractivity contribution in [3.8, 4) is 0 Å². The van der Waals surface area contributed by atoms with Gasteiger partial charge in [0.1, 0.15) is 0 Å². The summed E-state index contributed by atoms with van der Waals surface area (Å²) in [6.45, 7) is 0. The van der Waals surface area contributed by atoms with Crippen LogP contribution in [0.25, 0.3) is 0 Å². The summed E-state index contributed by atoms with van der Waals surface area (Å²) < 4.78 is 575. The average Bonchev–Trinajstić information content (AvgIpc) is 2.96. The highest BCUT2D eigenvalue weighted by Crippen LogP contribution is 2.69. The summed E-state index contributed by atoms with van der Waals surface area (Å²) in [4.78, 5) is 0. The molecule has 48 heteroatoms. The van der Waals surface area contributed by atoms with Gasteiger partial charge in [-0.3, -0.25) is 0 Å². The molecule has 0 radical (unpaired) electrons. The Kier molecular flexibility index (Phi) is 13.8. The summed E-state index contributed by atoms with van der Waals surface area (Å²) in [7, 11) is -55.1. The zero-order chi connectivity index (χ0) is 52.8. The Morgan fingerprint density at radius 2 is 0.203 bits per heavy atom. The molecule has 0 spiro atoms. The largest absolute Gasteiger partial charge is 0.494 e. The first-order valence-corrected chi connectivity index (χ1v) is 20.5. The van der Waals surface area contributed by atoms with E-state index in [1.807, 2.05) is 0 Å². The normalized spacial score (nSPS) is 21.4. The molecular weight excluding hydrogens is 1130 g/mol. The van der Waals surface area contributed by atoms with Crippen LogP contribution in [0.2, 0.25) is 0 Å². The van der Waals surface area contributed by atoms with Crippen LogP contribution in [0.15, 0.2) is 0 Å². The van der Waals surface area contributed by atoms with E-state index in [1.54, 1.807) is 0 Å². The second-order valence-corrected chi connectivity index (χ2v) is 24.7. The van der Waals surface area contributed by atoms with Crippen LogP contribution in [0.4, 0.5) is 176 Å². The molecule has 1 rings (SSSR count). The minimum atomic E-state index is -13.8. The molecule has 384 valence electrons. The Balaban J connectivity index is 6.17. The van der Waals surface area contributed by atoms with Gasteiger partial charge in [-0.15, -0.1) is 0 Å². The first kappa shape index (κ1) is 59.9. The van der Waals surface area contributed by atoms with E-state index in [2.05, 4.69) is 0 Å². The zero-order valence-electron chi connectivity index (χ0n) is 26.8. The molecule has 1 heterocycles. The van der Waals surface area contributed by atoms with Gasteiger partial charge in [0.25, 0.3) is 0 Å². The fraction of sp³-hybridized carbons (Fsp3) is 1.00. The topological polar surface area (TPSA) is 36.9 Å². The van der Waals surface area contributed by atoms with Gasteiger partial charge in [-0.2, -0.15) is 176 Å². The van der Waals surface area contributed by atoms with E-state index in [9.17, 15) is 105 Å². The minimum absolute atomic E-state index is 0.914. The average molecular weight is 1130 g/mol. The Hall–Kier alpha value is -2.09. The predicted molar refractivity (Wildman–Crippen MR) is 115 cm³/mol. The van der Waals surface area contributed by atoms with Crippen molar-refractivity contribution < 1.29 is 192 Å². The third-order valence-corrected chi connectivity index (χ3v) is 25.4. The van der Waals surface area contributed by atoms with Gasteiger partial charge >= 0.3 is 128 Å². The van der Waals surface area contributed by atoms with E-state index in [0.717, 1.165) is 16.5 Å². The van der Waals surface area contributed by atoms with Gasteiger partial charge in [0.2, 0.25) is 0 Å². The number of hydrogen-bond acceptors (Lipinski definition) is 4. The molecule has 0 aromatic heterocycles. The Morgan fingerprint density at radius 1 is 0.141 bits per heavy atom. The lowest BCUT2D eigenvalue weighted by Crippen LogP contribution is -2.97. The SMILES string of the molecule is FC(F)(F)C(F)(F)[Si]1(C(F)(F)C(F)(F)F)O[Si](C(F)(F)C(F)(F)F)(C(F)(F)C(F)(F)F)O[Si](C(F)(F)C(F)(F)F)(C(F)(F)C(F)(F)F)O[Si](C(F)(F)C(F)(F)F)(C(F)(F)C(F)(F)F)O1. The smallest absolute Gasteiger partial charge is 0.400 e. The number of halogens is 40. The van der Waals surface area contributed by atoms with Crippen LogP contribution in [0.3, 0.4) is 0 Å². The van der Waals surface area contributed by atoms with Crippen LogP contribution in [-0.2, 0) is 16.5 Å². The standard InChI is InChI=1S/C16F40O4Si4/c17-1(18,19)9(41,42)61(10(43,44)2(20,21)22)57-62(11(45,46)3(23,24)25,12(47,48)4(26,27)28)59-64(15(53,54)7(35,36)37,16(55,56)8(38,39)40)60-63(58-61,13(49,50)5(29,30)31)14(51,52)6(32,33)34. The molecule has 1 saturated heterocycles. The molecule has 1 aliphatic rings. The molecule has 1 aliphatic heterocycles. The second-order valence-electron chi connectivity index (χ2n) is 11.5. The van der Waals surface area contributed by atoms with Gasteiger partial charge in [0.05, 0.1) is 0 Å². The Bertz CT molecular complexity index is 1330. The summed E-state index contributed by atoms with van der Waals surface area (Å²) in [5, 5.41) is 0. The summed E-state index contributed by atoms with van der Waals surface area (Å²) in [5.41, 5.74) is -84.5. The molecular formula is C16F40O4Si4. The molecule has 0 atom stereocenters. The van der Waals surface area contributed by atoms with E-state index < -0.39 is 128 Å². The fourth-order valence-corrected chi connectivity index (χ4v) is 25.6. The third-order valence-electron chi connectivity index (χ3n) is 7.30. The predicted octanol–water partition coefficient (Wildman–Crippen LogP) is 11.7. The summed E-state index contributed by atoms with van der Waals surface area (Å²) in [5.74, 6) is 0. The van der Waals surface area contributed by atoms with Crippen LogP contribution in [-0.4, -0.2) is 128 Å². The lowest BCUT2D eigenvalue weighted by molar-refractivity contribution is -0.322. The van der Waals surface area contributed by atoms with Gasteiger partial charge in [-0.25, -0.2) is 0 Å². The number of hydrogen-bond donors (Lipinski definition) is 0. The molecule has 0 aromatic carbocycles. The summed E-state index contributed by atoms with van der Waals surface area (Å²) >= 11 is 0. The van der Waals surface area contributed by atoms with Gasteiger partial charge in [-0.1, -0.05) is 0 Å². The van der Waals surface area contributed by atoms with Crippen molar-refractivity contribution in [1.82, 2.24) is 0 Å². The van der Waals surface area contributed by atoms with Gasteiger partial charge in [0.15, 0.2) is 0 Å². The van der Waals surface area contributed by atoms with Crippen LogP contribution in [0.1, 0.15) is 0 Å². The molecule has 0 aliphatic carbocycles. The second kappa shape index (κ2) is 14.7. The van der Waals surface area contributed by atoms with Crippen molar-refractivity contribution in [3.63, 3.8) is 0 Å². The molecule has 4 nitrogen and oxygen atoms in total. The molecule has 0 amide bonds. The highest BCUT2D eigenvalue weighted by Gasteiger charge is 3.08. The first-order valence-electron chi connectivity index (χ1n) is 13.2. The fourth-order valence-electron chi connectivity index (χ4n) is 4.20. The Morgan fingerprint density at radius 3 is 0.250 bits per heavy atom. The summed E-state index contributed by atoms with van der Waals surface area (Å²) in [6.07, 6.45) is -78.5. The van der Waals surface area contributed by atoms with E-state index in [4.69, 9.17) is 0 Å². The van der Waals surface area contributed by atoms with Gasteiger partial charge < -0.3 is 16.5 Å². The van der Waals surface area contributed by atoms with E-state index in [-0.39, 0.29) is 0 Å². The van der Waals surface area contributed by atoms with Gasteiger partial charge in [0, 0.05) is 0 Å². The zero-order valence-corrected chi connectivity index (χ0v) is 30.8. The monoisotopic (exact) mass is 1130 g/mol. The molecule has 0 aromatic rings.